The zero-order valence-electron chi connectivity index (χ0n) is 13.6. The van der Waals surface area contributed by atoms with Crippen LogP contribution in [0.4, 0.5) is 0 Å². The van der Waals surface area contributed by atoms with E-state index in [2.05, 4.69) is 31.4 Å². The Morgan fingerprint density at radius 1 is 1.41 bits per heavy atom. The molecule has 5 heteroatoms. The molecule has 1 aliphatic heterocycles. The van der Waals surface area contributed by atoms with E-state index >= 15 is 0 Å². The summed E-state index contributed by atoms with van der Waals surface area (Å²) in [6.07, 6.45) is -0.706. The molecule has 1 aromatic rings. The minimum atomic E-state index is -0.706. The fourth-order valence-corrected chi connectivity index (χ4v) is 2.38. The van der Waals surface area contributed by atoms with Gasteiger partial charge in [-0.1, -0.05) is 45.0 Å². The minimum absolute atomic E-state index is 0.0876. The summed E-state index contributed by atoms with van der Waals surface area (Å²) in [6, 6.07) is 7.55. The lowest BCUT2D eigenvalue weighted by Gasteiger charge is -2.24. The Morgan fingerprint density at radius 2 is 2.09 bits per heavy atom. The zero-order valence-corrected chi connectivity index (χ0v) is 13.6. The number of carbonyl (C=O) groups is 1. The SMILES string of the molecule is CC(C)(C)c1ccc(C(O)CNC(=O)C2COCCN2)cc1. The van der Waals surface area contributed by atoms with Gasteiger partial charge in [-0.25, -0.2) is 0 Å². The topological polar surface area (TPSA) is 70.6 Å². The van der Waals surface area contributed by atoms with Crippen LogP contribution < -0.4 is 10.6 Å². The van der Waals surface area contributed by atoms with Crippen LogP contribution in [-0.2, 0) is 14.9 Å². The summed E-state index contributed by atoms with van der Waals surface area (Å²) in [7, 11) is 0. The van der Waals surface area contributed by atoms with Gasteiger partial charge in [0, 0.05) is 13.1 Å². The van der Waals surface area contributed by atoms with Crippen LogP contribution in [-0.4, -0.2) is 43.4 Å². The highest BCUT2D eigenvalue weighted by molar-refractivity contribution is 5.82. The van der Waals surface area contributed by atoms with Gasteiger partial charge >= 0.3 is 0 Å². The number of carbonyl (C=O) groups excluding carboxylic acids is 1. The number of hydrogen-bond donors (Lipinski definition) is 3. The van der Waals surface area contributed by atoms with E-state index in [0.717, 1.165) is 5.56 Å². The molecule has 1 saturated heterocycles. The van der Waals surface area contributed by atoms with E-state index < -0.39 is 6.10 Å². The highest BCUT2D eigenvalue weighted by Crippen LogP contribution is 2.23. The number of aliphatic hydroxyl groups is 1. The molecule has 0 spiro atoms. The molecule has 1 amide bonds. The van der Waals surface area contributed by atoms with Crippen molar-refractivity contribution in [1.29, 1.82) is 0 Å². The predicted molar refractivity (Wildman–Crippen MR) is 85.7 cm³/mol. The Bertz CT molecular complexity index is 488. The van der Waals surface area contributed by atoms with Gasteiger partial charge in [-0.3, -0.25) is 4.79 Å². The molecule has 3 N–H and O–H groups in total. The number of nitrogens with one attached hydrogen (secondary N) is 2. The Balaban J connectivity index is 1.86. The highest BCUT2D eigenvalue weighted by Gasteiger charge is 2.22. The normalized spacial score (nSPS) is 20.5. The molecular formula is C17H26N2O3. The molecule has 1 aromatic carbocycles. The van der Waals surface area contributed by atoms with Crippen LogP contribution in [0.1, 0.15) is 38.0 Å². The third-order valence-corrected chi connectivity index (χ3v) is 3.87. The summed E-state index contributed by atoms with van der Waals surface area (Å²) in [5.41, 5.74) is 2.11. The van der Waals surface area contributed by atoms with E-state index in [9.17, 15) is 9.90 Å². The summed E-state index contributed by atoms with van der Waals surface area (Å²) in [5, 5.41) is 16.0. The van der Waals surface area contributed by atoms with E-state index in [1.807, 2.05) is 24.3 Å². The number of morpholine rings is 1. The third kappa shape index (κ3) is 4.53. The van der Waals surface area contributed by atoms with Crippen molar-refractivity contribution < 1.29 is 14.6 Å². The van der Waals surface area contributed by atoms with Gasteiger partial charge in [-0.2, -0.15) is 0 Å². The van der Waals surface area contributed by atoms with Gasteiger partial charge in [0.2, 0.25) is 5.91 Å². The van der Waals surface area contributed by atoms with Crippen molar-refractivity contribution in [3.63, 3.8) is 0 Å². The second kappa shape index (κ2) is 7.22. The van der Waals surface area contributed by atoms with E-state index in [-0.39, 0.29) is 23.9 Å². The summed E-state index contributed by atoms with van der Waals surface area (Å²) in [5.74, 6) is -0.134. The van der Waals surface area contributed by atoms with Gasteiger partial charge in [-0.05, 0) is 16.5 Å². The number of ether oxygens (including phenoxy) is 1. The Morgan fingerprint density at radius 3 is 2.64 bits per heavy atom. The maximum atomic E-state index is 12.0. The van der Waals surface area contributed by atoms with Gasteiger partial charge in [0.05, 0.1) is 19.3 Å². The molecule has 0 aromatic heterocycles. The first-order valence-corrected chi connectivity index (χ1v) is 7.75. The Hall–Kier alpha value is -1.43. The van der Waals surface area contributed by atoms with Crippen LogP contribution in [0.5, 0.6) is 0 Å². The van der Waals surface area contributed by atoms with Gasteiger partial charge in [-0.15, -0.1) is 0 Å². The first-order valence-electron chi connectivity index (χ1n) is 7.75. The quantitative estimate of drug-likeness (QED) is 0.780. The lowest BCUT2D eigenvalue weighted by atomic mass is 9.86. The van der Waals surface area contributed by atoms with E-state index in [1.165, 1.54) is 5.56 Å². The van der Waals surface area contributed by atoms with Crippen molar-refractivity contribution in [2.45, 2.75) is 38.3 Å². The molecule has 2 unspecified atom stereocenters. The molecule has 22 heavy (non-hydrogen) atoms. The second-order valence-corrected chi connectivity index (χ2v) is 6.71. The molecule has 1 fully saturated rings. The summed E-state index contributed by atoms with van der Waals surface area (Å²) >= 11 is 0. The molecule has 122 valence electrons. The molecule has 2 rings (SSSR count). The van der Waals surface area contributed by atoms with E-state index in [4.69, 9.17) is 4.74 Å². The van der Waals surface area contributed by atoms with Gasteiger partial charge in [0.25, 0.3) is 0 Å². The van der Waals surface area contributed by atoms with Crippen molar-refractivity contribution >= 4 is 5.91 Å². The molecular weight excluding hydrogens is 280 g/mol. The Kier molecular flexibility index (Phi) is 5.56. The van der Waals surface area contributed by atoms with Crippen LogP contribution >= 0.6 is 0 Å². The van der Waals surface area contributed by atoms with E-state index in [0.29, 0.717) is 19.8 Å². The first kappa shape index (κ1) is 16.9. The lowest BCUT2D eigenvalue weighted by molar-refractivity contribution is -0.126. The molecule has 1 aliphatic rings. The van der Waals surface area contributed by atoms with Crippen LogP contribution in [0.2, 0.25) is 0 Å². The van der Waals surface area contributed by atoms with Crippen LogP contribution in [0.3, 0.4) is 0 Å². The highest BCUT2D eigenvalue weighted by atomic mass is 16.5. The summed E-state index contributed by atoms with van der Waals surface area (Å²) < 4.78 is 5.25. The van der Waals surface area contributed by atoms with Crippen molar-refractivity contribution in [2.24, 2.45) is 0 Å². The lowest BCUT2D eigenvalue weighted by Crippen LogP contribution is -2.51. The molecule has 0 radical (unpaired) electrons. The zero-order chi connectivity index (χ0) is 16.2. The smallest absolute Gasteiger partial charge is 0.239 e. The molecule has 0 aliphatic carbocycles. The maximum Gasteiger partial charge on any atom is 0.239 e. The van der Waals surface area contributed by atoms with Crippen molar-refractivity contribution in [2.75, 3.05) is 26.3 Å². The summed E-state index contributed by atoms with van der Waals surface area (Å²) in [6.45, 7) is 8.34. The van der Waals surface area contributed by atoms with Crippen LogP contribution in [0, 0.1) is 0 Å². The van der Waals surface area contributed by atoms with Crippen molar-refractivity contribution in [3.05, 3.63) is 35.4 Å². The number of amides is 1. The van der Waals surface area contributed by atoms with Crippen LogP contribution in [0.15, 0.2) is 24.3 Å². The number of benzene rings is 1. The van der Waals surface area contributed by atoms with E-state index in [1.54, 1.807) is 0 Å². The monoisotopic (exact) mass is 306 g/mol. The molecule has 2 atom stereocenters. The largest absolute Gasteiger partial charge is 0.387 e. The third-order valence-electron chi connectivity index (χ3n) is 3.87. The number of aliphatic hydroxyl groups excluding tert-OH is 1. The standard InChI is InChI=1S/C17H26N2O3/c1-17(2,3)13-6-4-12(5-7-13)15(20)10-19-16(21)14-11-22-9-8-18-14/h4-7,14-15,18,20H,8-11H2,1-3H3,(H,19,21). The van der Waals surface area contributed by atoms with Crippen LogP contribution in [0.25, 0.3) is 0 Å². The van der Waals surface area contributed by atoms with Crippen molar-refractivity contribution in [1.82, 2.24) is 10.6 Å². The molecule has 0 bridgehead atoms. The maximum absolute atomic E-state index is 12.0. The van der Waals surface area contributed by atoms with Gasteiger partial charge < -0.3 is 20.5 Å². The molecule has 5 nitrogen and oxygen atoms in total. The molecule has 0 saturated carbocycles. The van der Waals surface area contributed by atoms with Gasteiger partial charge in [0.1, 0.15) is 6.04 Å². The average Bonchev–Trinajstić information content (AvgIpc) is 2.52. The average molecular weight is 306 g/mol. The second-order valence-electron chi connectivity index (χ2n) is 6.71. The predicted octanol–water partition coefficient (Wildman–Crippen LogP) is 1.12. The number of hydrogen-bond acceptors (Lipinski definition) is 4. The number of rotatable bonds is 4. The summed E-state index contributed by atoms with van der Waals surface area (Å²) in [4.78, 5) is 12.0. The Labute approximate surface area is 132 Å². The minimum Gasteiger partial charge on any atom is -0.387 e. The fraction of sp³-hybridized carbons (Fsp3) is 0.588. The van der Waals surface area contributed by atoms with Crippen molar-refractivity contribution in [3.8, 4) is 0 Å². The van der Waals surface area contributed by atoms with Gasteiger partial charge in [0.15, 0.2) is 0 Å². The molecule has 1 heterocycles. The first-order chi connectivity index (χ1) is 10.4. The fourth-order valence-electron chi connectivity index (χ4n) is 2.38.